The van der Waals surface area contributed by atoms with Gasteiger partial charge in [0.1, 0.15) is 17.0 Å². The molecule has 2 heterocycles. The van der Waals surface area contributed by atoms with Crippen LogP contribution >= 0.6 is 0 Å². The molecule has 8 nitrogen and oxygen atoms in total. The molecule has 0 spiro atoms. The number of fused-ring (bicyclic) bond motifs is 1. The average Bonchev–Trinajstić information content (AvgIpc) is 3.31. The van der Waals surface area contributed by atoms with E-state index in [-0.39, 0.29) is 18.4 Å². The van der Waals surface area contributed by atoms with Gasteiger partial charge in [-0.05, 0) is 56.2 Å². The van der Waals surface area contributed by atoms with Crippen LogP contribution in [0.2, 0.25) is 0 Å². The first-order valence-electron chi connectivity index (χ1n) is 11.9. The lowest BCUT2D eigenvalue weighted by Crippen LogP contribution is -2.64. The maximum atomic E-state index is 13.6. The molecule has 0 radical (unpaired) electrons. The van der Waals surface area contributed by atoms with Crippen molar-refractivity contribution < 1.29 is 19.1 Å². The summed E-state index contributed by atoms with van der Waals surface area (Å²) in [6.45, 7) is 5.95. The molecule has 0 saturated heterocycles. The Morgan fingerprint density at radius 2 is 1.89 bits per heavy atom. The highest BCUT2D eigenvalue weighted by Crippen LogP contribution is 2.31. The standard InChI is InChI=1S/C27H32N4O4/c1-4-35-16-8-15-30-25(32)24-17-23(21-11-13-22(34-3)14-12-21)29-31(24)19-27(30,2)26(33)28-18-20-9-6-5-7-10-20/h5-7,9-14,17H,4,8,15-16,18-19H2,1-3H3,(H,28,33)/t27-/m1/s1. The Morgan fingerprint density at radius 3 is 2.57 bits per heavy atom. The zero-order valence-electron chi connectivity index (χ0n) is 20.5. The number of ether oxygens (including phenoxy) is 2. The first-order chi connectivity index (χ1) is 17.0. The number of aromatic nitrogens is 2. The predicted molar refractivity (Wildman–Crippen MR) is 133 cm³/mol. The van der Waals surface area contributed by atoms with Crippen molar-refractivity contribution in [2.75, 3.05) is 26.9 Å². The molecule has 0 bridgehead atoms. The number of nitrogens with zero attached hydrogens (tertiary/aromatic N) is 3. The van der Waals surface area contributed by atoms with Gasteiger partial charge in [-0.15, -0.1) is 0 Å². The number of methoxy groups -OCH3 is 1. The lowest BCUT2D eigenvalue weighted by Gasteiger charge is -2.43. The van der Waals surface area contributed by atoms with E-state index < -0.39 is 5.54 Å². The highest BCUT2D eigenvalue weighted by Gasteiger charge is 2.47. The van der Waals surface area contributed by atoms with Crippen LogP contribution in [0.25, 0.3) is 11.3 Å². The monoisotopic (exact) mass is 476 g/mol. The van der Waals surface area contributed by atoms with Crippen LogP contribution < -0.4 is 10.1 Å². The Bertz CT molecular complexity index is 1160. The van der Waals surface area contributed by atoms with Crippen LogP contribution in [0.5, 0.6) is 5.75 Å². The van der Waals surface area contributed by atoms with Gasteiger partial charge < -0.3 is 19.7 Å². The number of hydrogen-bond acceptors (Lipinski definition) is 5. The van der Waals surface area contributed by atoms with E-state index in [9.17, 15) is 9.59 Å². The van der Waals surface area contributed by atoms with Gasteiger partial charge in [-0.1, -0.05) is 30.3 Å². The second-order valence-electron chi connectivity index (χ2n) is 8.75. The van der Waals surface area contributed by atoms with Crippen LogP contribution in [0.4, 0.5) is 0 Å². The number of nitrogens with one attached hydrogen (secondary N) is 1. The van der Waals surface area contributed by atoms with Crippen molar-refractivity contribution >= 4 is 11.8 Å². The molecule has 2 amide bonds. The van der Waals surface area contributed by atoms with E-state index in [4.69, 9.17) is 14.6 Å². The second kappa shape index (κ2) is 10.7. The Kier molecular flexibility index (Phi) is 7.51. The largest absolute Gasteiger partial charge is 0.497 e. The van der Waals surface area contributed by atoms with Gasteiger partial charge in [0.25, 0.3) is 5.91 Å². The first kappa shape index (κ1) is 24.5. The fraction of sp³-hybridized carbons (Fsp3) is 0.370. The summed E-state index contributed by atoms with van der Waals surface area (Å²) in [5.74, 6) is 0.326. The van der Waals surface area contributed by atoms with Gasteiger partial charge in [-0.3, -0.25) is 14.3 Å². The zero-order chi connectivity index (χ0) is 24.8. The Balaban J connectivity index is 1.61. The van der Waals surface area contributed by atoms with E-state index in [1.165, 1.54) is 0 Å². The van der Waals surface area contributed by atoms with Crippen LogP contribution in [0.1, 0.15) is 36.3 Å². The fourth-order valence-electron chi connectivity index (χ4n) is 4.33. The first-order valence-corrected chi connectivity index (χ1v) is 11.9. The highest BCUT2D eigenvalue weighted by atomic mass is 16.5. The maximum absolute atomic E-state index is 13.6. The minimum atomic E-state index is -1.09. The predicted octanol–water partition coefficient (Wildman–Crippen LogP) is 3.52. The number of rotatable bonds is 10. The average molecular weight is 477 g/mol. The van der Waals surface area contributed by atoms with E-state index in [2.05, 4.69) is 5.32 Å². The third kappa shape index (κ3) is 5.22. The molecular weight excluding hydrogens is 444 g/mol. The number of carbonyl (C=O) groups excluding carboxylic acids is 2. The lowest BCUT2D eigenvalue weighted by atomic mass is 9.94. The van der Waals surface area contributed by atoms with Gasteiger partial charge in [-0.25, -0.2) is 0 Å². The topological polar surface area (TPSA) is 85.7 Å². The van der Waals surface area contributed by atoms with Gasteiger partial charge >= 0.3 is 0 Å². The van der Waals surface area contributed by atoms with Crippen molar-refractivity contribution in [2.45, 2.75) is 38.9 Å². The van der Waals surface area contributed by atoms with E-state index in [1.807, 2.05) is 68.4 Å². The normalized spacial score (nSPS) is 17.2. The van der Waals surface area contributed by atoms with Crippen molar-refractivity contribution in [2.24, 2.45) is 0 Å². The van der Waals surface area contributed by atoms with Crippen LogP contribution in [-0.4, -0.2) is 58.9 Å². The Morgan fingerprint density at radius 1 is 1.14 bits per heavy atom. The molecule has 1 atom stereocenters. The van der Waals surface area contributed by atoms with Crippen LogP contribution in [0, 0.1) is 0 Å². The van der Waals surface area contributed by atoms with Gasteiger partial charge in [0, 0.05) is 31.9 Å². The smallest absolute Gasteiger partial charge is 0.273 e. The van der Waals surface area contributed by atoms with Crippen molar-refractivity contribution in [1.29, 1.82) is 0 Å². The summed E-state index contributed by atoms with van der Waals surface area (Å²) in [5.41, 5.74) is 1.93. The van der Waals surface area contributed by atoms with Crippen molar-refractivity contribution in [3.8, 4) is 17.0 Å². The molecule has 1 N–H and O–H groups in total. The highest BCUT2D eigenvalue weighted by molar-refractivity contribution is 6.00. The molecule has 35 heavy (non-hydrogen) atoms. The molecule has 0 saturated carbocycles. The van der Waals surface area contributed by atoms with Crippen molar-refractivity contribution in [3.05, 3.63) is 71.9 Å². The van der Waals surface area contributed by atoms with Crippen molar-refractivity contribution in [3.63, 3.8) is 0 Å². The molecule has 2 aromatic carbocycles. The van der Waals surface area contributed by atoms with E-state index in [1.54, 1.807) is 22.8 Å². The van der Waals surface area contributed by atoms with E-state index >= 15 is 0 Å². The Hall–Kier alpha value is -3.65. The molecule has 1 aliphatic rings. The molecule has 1 aliphatic heterocycles. The summed E-state index contributed by atoms with van der Waals surface area (Å²) in [4.78, 5) is 28.8. The third-order valence-electron chi connectivity index (χ3n) is 6.34. The number of amides is 2. The van der Waals surface area contributed by atoms with Gasteiger partial charge in [0.2, 0.25) is 5.91 Å². The summed E-state index contributed by atoms with van der Waals surface area (Å²) in [7, 11) is 1.62. The quantitative estimate of drug-likeness (QED) is 0.453. The summed E-state index contributed by atoms with van der Waals surface area (Å²) < 4.78 is 12.4. The molecular formula is C27H32N4O4. The van der Waals surface area contributed by atoms with E-state index in [0.29, 0.717) is 44.1 Å². The SMILES string of the molecule is CCOCCCN1C(=O)c2cc(-c3ccc(OC)cc3)nn2C[C@]1(C)C(=O)NCc1ccccc1. The molecule has 4 rings (SSSR count). The fourth-order valence-corrected chi connectivity index (χ4v) is 4.33. The summed E-state index contributed by atoms with van der Waals surface area (Å²) >= 11 is 0. The van der Waals surface area contributed by atoms with Gasteiger partial charge in [-0.2, -0.15) is 5.10 Å². The minimum absolute atomic E-state index is 0.210. The summed E-state index contributed by atoms with van der Waals surface area (Å²) in [6, 6.07) is 19.0. The van der Waals surface area contributed by atoms with Crippen LogP contribution in [0.3, 0.4) is 0 Å². The molecule has 0 unspecified atom stereocenters. The summed E-state index contributed by atoms with van der Waals surface area (Å²) in [5, 5.41) is 7.72. The molecule has 0 fully saturated rings. The molecule has 0 aliphatic carbocycles. The number of hydrogen-bond donors (Lipinski definition) is 1. The minimum Gasteiger partial charge on any atom is -0.497 e. The molecule has 8 heteroatoms. The lowest BCUT2D eigenvalue weighted by molar-refractivity contribution is -0.133. The molecule has 3 aromatic rings. The Labute approximate surface area is 205 Å². The zero-order valence-corrected chi connectivity index (χ0v) is 20.5. The molecule has 184 valence electrons. The second-order valence-corrected chi connectivity index (χ2v) is 8.75. The van der Waals surface area contributed by atoms with Crippen LogP contribution in [-0.2, 0) is 22.6 Å². The van der Waals surface area contributed by atoms with Gasteiger partial charge in [0.15, 0.2) is 0 Å². The molecule has 1 aromatic heterocycles. The van der Waals surface area contributed by atoms with Gasteiger partial charge in [0.05, 0.1) is 19.3 Å². The van der Waals surface area contributed by atoms with Crippen molar-refractivity contribution in [1.82, 2.24) is 20.0 Å². The third-order valence-corrected chi connectivity index (χ3v) is 6.34. The van der Waals surface area contributed by atoms with Crippen LogP contribution in [0.15, 0.2) is 60.7 Å². The summed E-state index contributed by atoms with van der Waals surface area (Å²) in [6.07, 6.45) is 0.639. The maximum Gasteiger partial charge on any atom is 0.273 e. The van der Waals surface area contributed by atoms with E-state index in [0.717, 1.165) is 16.9 Å². The number of benzene rings is 2. The number of carbonyl (C=O) groups is 2.